The molecule has 0 aliphatic rings. The summed E-state index contributed by atoms with van der Waals surface area (Å²) in [4.78, 5) is 0. The lowest BCUT2D eigenvalue weighted by molar-refractivity contribution is 0.500. The average molecular weight is 299 g/mol. The molecule has 0 saturated carbocycles. The number of hydrogen-bond acceptors (Lipinski definition) is 2. The fourth-order valence-electron chi connectivity index (χ4n) is 1.68. The third-order valence-electron chi connectivity index (χ3n) is 2.83. The van der Waals surface area contributed by atoms with Gasteiger partial charge in [-0.05, 0) is 50.1 Å². The molecule has 2 N–H and O–H groups in total. The van der Waals surface area contributed by atoms with Crippen LogP contribution in [0.4, 0.5) is 0 Å². The van der Waals surface area contributed by atoms with Crippen molar-refractivity contribution < 1.29 is 0 Å². The van der Waals surface area contributed by atoms with E-state index < -0.39 is 0 Å². The van der Waals surface area contributed by atoms with Crippen molar-refractivity contribution in [3.05, 3.63) is 33.8 Å². The highest BCUT2D eigenvalue weighted by molar-refractivity contribution is 9.10. The molecule has 1 unspecified atom stereocenters. The number of halogens is 1. The van der Waals surface area contributed by atoms with Crippen LogP contribution in [-0.4, -0.2) is 19.1 Å². The predicted octanol–water partition coefficient (Wildman–Crippen LogP) is 3.24. The number of hydrogen-bond donors (Lipinski definition) is 2. The first-order chi connectivity index (χ1) is 8.13. The second-order valence-electron chi connectivity index (χ2n) is 4.56. The smallest absolute Gasteiger partial charge is 0.0211 e. The summed E-state index contributed by atoms with van der Waals surface area (Å²) in [6.07, 6.45) is 1.19. The number of nitrogens with one attached hydrogen (secondary N) is 2. The van der Waals surface area contributed by atoms with Crippen LogP contribution < -0.4 is 10.6 Å². The summed E-state index contributed by atoms with van der Waals surface area (Å²) in [7, 11) is 0. The maximum atomic E-state index is 3.54. The zero-order valence-electron chi connectivity index (χ0n) is 11.0. The summed E-state index contributed by atoms with van der Waals surface area (Å²) in [5, 5.41) is 6.97. The maximum Gasteiger partial charge on any atom is 0.0211 e. The van der Waals surface area contributed by atoms with Gasteiger partial charge in [0, 0.05) is 23.6 Å². The molecular weight excluding hydrogens is 276 g/mol. The summed E-state index contributed by atoms with van der Waals surface area (Å²) >= 11 is 3.51. The number of rotatable bonds is 7. The minimum atomic E-state index is 0.500. The molecule has 96 valence electrons. The molecule has 0 aromatic heterocycles. The molecule has 3 heteroatoms. The SMILES string of the molecule is CCCNCC(C)NCc1cc(Br)ccc1C. The summed E-state index contributed by atoms with van der Waals surface area (Å²) in [5.74, 6) is 0. The molecule has 0 radical (unpaired) electrons. The highest BCUT2D eigenvalue weighted by Gasteiger charge is 2.03. The second kappa shape index (κ2) is 7.85. The van der Waals surface area contributed by atoms with Crippen molar-refractivity contribution in [1.29, 1.82) is 0 Å². The molecule has 0 fully saturated rings. The fourth-order valence-corrected chi connectivity index (χ4v) is 2.09. The molecule has 1 rings (SSSR count). The Morgan fingerprint density at radius 3 is 2.82 bits per heavy atom. The van der Waals surface area contributed by atoms with Crippen molar-refractivity contribution in [2.75, 3.05) is 13.1 Å². The van der Waals surface area contributed by atoms with E-state index in [4.69, 9.17) is 0 Å². The standard InChI is InChI=1S/C14H23BrN2/c1-4-7-16-9-12(3)17-10-13-8-14(15)6-5-11(13)2/h5-6,8,12,16-17H,4,7,9-10H2,1-3H3. The first-order valence-electron chi connectivity index (χ1n) is 6.32. The molecule has 1 aromatic carbocycles. The van der Waals surface area contributed by atoms with E-state index in [1.165, 1.54) is 17.5 Å². The van der Waals surface area contributed by atoms with Crippen LogP contribution in [0.1, 0.15) is 31.4 Å². The summed E-state index contributed by atoms with van der Waals surface area (Å²) < 4.78 is 1.15. The minimum Gasteiger partial charge on any atom is -0.315 e. The van der Waals surface area contributed by atoms with Gasteiger partial charge in [0.1, 0.15) is 0 Å². The second-order valence-corrected chi connectivity index (χ2v) is 5.47. The Labute approximate surface area is 113 Å². The van der Waals surface area contributed by atoms with Crippen LogP contribution in [-0.2, 0) is 6.54 Å². The summed E-state index contributed by atoms with van der Waals surface area (Å²) in [6.45, 7) is 9.62. The van der Waals surface area contributed by atoms with Crippen molar-refractivity contribution in [2.24, 2.45) is 0 Å². The van der Waals surface area contributed by atoms with Gasteiger partial charge in [0.15, 0.2) is 0 Å². The topological polar surface area (TPSA) is 24.1 Å². The van der Waals surface area contributed by atoms with Gasteiger partial charge in [-0.2, -0.15) is 0 Å². The van der Waals surface area contributed by atoms with Crippen molar-refractivity contribution in [3.63, 3.8) is 0 Å². The number of benzene rings is 1. The van der Waals surface area contributed by atoms with Crippen LogP contribution >= 0.6 is 15.9 Å². The molecular formula is C14H23BrN2. The van der Waals surface area contributed by atoms with E-state index in [9.17, 15) is 0 Å². The monoisotopic (exact) mass is 298 g/mol. The Bertz CT molecular complexity index is 339. The van der Waals surface area contributed by atoms with Crippen LogP contribution in [0.25, 0.3) is 0 Å². The van der Waals surface area contributed by atoms with Crippen LogP contribution in [0.3, 0.4) is 0 Å². The Morgan fingerprint density at radius 1 is 1.35 bits per heavy atom. The van der Waals surface area contributed by atoms with Gasteiger partial charge in [0.2, 0.25) is 0 Å². The molecule has 0 spiro atoms. The summed E-state index contributed by atoms with van der Waals surface area (Å²) in [6, 6.07) is 6.93. The zero-order chi connectivity index (χ0) is 12.7. The molecule has 0 heterocycles. The molecule has 17 heavy (non-hydrogen) atoms. The lowest BCUT2D eigenvalue weighted by Crippen LogP contribution is -2.36. The van der Waals surface area contributed by atoms with Gasteiger partial charge >= 0.3 is 0 Å². The predicted molar refractivity (Wildman–Crippen MR) is 78.3 cm³/mol. The lowest BCUT2D eigenvalue weighted by atomic mass is 10.1. The van der Waals surface area contributed by atoms with Gasteiger partial charge in [-0.15, -0.1) is 0 Å². The third kappa shape index (κ3) is 5.66. The Morgan fingerprint density at radius 2 is 2.12 bits per heavy atom. The molecule has 2 nitrogen and oxygen atoms in total. The third-order valence-corrected chi connectivity index (χ3v) is 3.32. The minimum absolute atomic E-state index is 0.500. The van der Waals surface area contributed by atoms with E-state index in [1.54, 1.807) is 0 Å². The van der Waals surface area contributed by atoms with E-state index >= 15 is 0 Å². The van der Waals surface area contributed by atoms with Crippen LogP contribution in [0.5, 0.6) is 0 Å². The Kier molecular flexibility index (Phi) is 6.78. The van der Waals surface area contributed by atoms with Crippen molar-refractivity contribution >= 4 is 15.9 Å². The van der Waals surface area contributed by atoms with Crippen molar-refractivity contribution in [3.8, 4) is 0 Å². The van der Waals surface area contributed by atoms with Crippen LogP contribution in [0.2, 0.25) is 0 Å². The Hall–Kier alpha value is -0.380. The molecule has 0 saturated heterocycles. The molecule has 0 aliphatic carbocycles. The fraction of sp³-hybridized carbons (Fsp3) is 0.571. The first-order valence-corrected chi connectivity index (χ1v) is 7.12. The van der Waals surface area contributed by atoms with Gasteiger partial charge < -0.3 is 10.6 Å². The zero-order valence-corrected chi connectivity index (χ0v) is 12.6. The molecule has 1 aromatic rings. The van der Waals surface area contributed by atoms with Gasteiger partial charge in [-0.1, -0.05) is 28.9 Å². The van der Waals surface area contributed by atoms with Crippen LogP contribution in [0.15, 0.2) is 22.7 Å². The van der Waals surface area contributed by atoms with Crippen molar-refractivity contribution in [2.45, 2.75) is 39.8 Å². The van der Waals surface area contributed by atoms with Gasteiger partial charge in [0.05, 0.1) is 0 Å². The van der Waals surface area contributed by atoms with E-state index in [0.717, 1.165) is 24.1 Å². The quantitative estimate of drug-likeness (QED) is 0.755. The first kappa shape index (κ1) is 14.7. The molecule has 0 bridgehead atoms. The highest BCUT2D eigenvalue weighted by atomic mass is 79.9. The lowest BCUT2D eigenvalue weighted by Gasteiger charge is -2.15. The van der Waals surface area contributed by atoms with E-state index in [-0.39, 0.29) is 0 Å². The van der Waals surface area contributed by atoms with Crippen LogP contribution in [0, 0.1) is 6.92 Å². The van der Waals surface area contributed by atoms with E-state index in [1.807, 2.05) is 0 Å². The normalized spacial score (nSPS) is 12.7. The molecule has 0 aliphatic heterocycles. The number of aryl methyl sites for hydroxylation is 1. The van der Waals surface area contributed by atoms with E-state index in [2.05, 4.69) is 65.5 Å². The molecule has 0 amide bonds. The average Bonchev–Trinajstić information content (AvgIpc) is 2.31. The van der Waals surface area contributed by atoms with Gasteiger partial charge in [0.25, 0.3) is 0 Å². The molecule has 1 atom stereocenters. The Balaban J connectivity index is 2.36. The largest absolute Gasteiger partial charge is 0.315 e. The van der Waals surface area contributed by atoms with Crippen molar-refractivity contribution in [1.82, 2.24) is 10.6 Å². The van der Waals surface area contributed by atoms with Gasteiger partial charge in [-0.25, -0.2) is 0 Å². The van der Waals surface area contributed by atoms with Gasteiger partial charge in [-0.3, -0.25) is 0 Å². The maximum absolute atomic E-state index is 3.54. The summed E-state index contributed by atoms with van der Waals surface area (Å²) in [5.41, 5.74) is 2.70. The van der Waals surface area contributed by atoms with E-state index in [0.29, 0.717) is 6.04 Å². The highest BCUT2D eigenvalue weighted by Crippen LogP contribution is 2.15.